The van der Waals surface area contributed by atoms with Crippen molar-refractivity contribution in [2.45, 2.75) is 63.8 Å². The molecule has 2 aliphatic carbocycles. The third-order valence-electron chi connectivity index (χ3n) is 7.03. The van der Waals surface area contributed by atoms with Gasteiger partial charge < -0.3 is 10.2 Å². The lowest BCUT2D eigenvalue weighted by Gasteiger charge is -2.36. The Labute approximate surface area is 158 Å². The van der Waals surface area contributed by atoms with Gasteiger partial charge in [-0.25, -0.2) is 0 Å². The number of amides is 1. The smallest absolute Gasteiger partial charge is 0.223 e. The monoisotopic (exact) mass is 354 g/mol. The van der Waals surface area contributed by atoms with Crippen LogP contribution in [0.1, 0.15) is 63.4 Å². The van der Waals surface area contributed by atoms with Crippen LogP contribution in [0.25, 0.3) is 0 Å². The van der Waals surface area contributed by atoms with Crippen molar-refractivity contribution in [1.82, 2.24) is 10.2 Å². The van der Waals surface area contributed by atoms with Gasteiger partial charge in [-0.2, -0.15) is 0 Å². The van der Waals surface area contributed by atoms with Gasteiger partial charge in [0.25, 0.3) is 0 Å². The standard InChI is InChI=1S/C23H34N2O/c1-17-15-21(17)23(26)24-20-11-13-25(14-12-20)16-22(19-9-5-6-10-19)18-7-3-2-4-8-18/h2-4,7-8,17,19-22H,5-6,9-16H2,1H3,(H,24,26)/t17-,21-,22+/m1/s1. The van der Waals surface area contributed by atoms with E-state index in [1.807, 2.05) is 0 Å². The fourth-order valence-corrected chi connectivity index (χ4v) is 5.12. The first-order valence-corrected chi connectivity index (χ1v) is 10.8. The minimum absolute atomic E-state index is 0.304. The van der Waals surface area contributed by atoms with E-state index in [1.54, 1.807) is 0 Å². The third kappa shape index (κ3) is 4.31. The number of likely N-dealkylation sites (tertiary alicyclic amines) is 1. The van der Waals surface area contributed by atoms with Crippen molar-refractivity contribution < 1.29 is 4.79 Å². The molecule has 0 spiro atoms. The van der Waals surface area contributed by atoms with E-state index in [1.165, 1.54) is 37.8 Å². The molecule has 142 valence electrons. The van der Waals surface area contributed by atoms with Crippen LogP contribution in [0.15, 0.2) is 30.3 Å². The van der Waals surface area contributed by atoms with E-state index >= 15 is 0 Å². The van der Waals surface area contributed by atoms with Gasteiger partial charge in [-0.3, -0.25) is 4.79 Å². The molecule has 4 rings (SSSR count). The Morgan fingerprint density at radius 2 is 1.77 bits per heavy atom. The van der Waals surface area contributed by atoms with Crippen molar-refractivity contribution in [2.75, 3.05) is 19.6 Å². The maximum atomic E-state index is 12.2. The summed E-state index contributed by atoms with van der Waals surface area (Å²) < 4.78 is 0. The lowest BCUT2D eigenvalue weighted by molar-refractivity contribution is -0.123. The minimum atomic E-state index is 0.304. The highest BCUT2D eigenvalue weighted by Gasteiger charge is 2.40. The van der Waals surface area contributed by atoms with Gasteiger partial charge in [-0.1, -0.05) is 50.1 Å². The van der Waals surface area contributed by atoms with Crippen molar-refractivity contribution in [3.05, 3.63) is 35.9 Å². The number of hydrogen-bond donors (Lipinski definition) is 1. The molecule has 3 fully saturated rings. The van der Waals surface area contributed by atoms with Crippen LogP contribution in [0.5, 0.6) is 0 Å². The normalized spacial score (nSPS) is 28.8. The van der Waals surface area contributed by atoms with Crippen LogP contribution in [-0.2, 0) is 4.79 Å². The number of piperidine rings is 1. The second-order valence-corrected chi connectivity index (χ2v) is 8.96. The Hall–Kier alpha value is -1.35. The van der Waals surface area contributed by atoms with Crippen LogP contribution in [-0.4, -0.2) is 36.5 Å². The number of carbonyl (C=O) groups is 1. The summed E-state index contributed by atoms with van der Waals surface area (Å²) in [5.41, 5.74) is 1.53. The third-order valence-corrected chi connectivity index (χ3v) is 7.03. The van der Waals surface area contributed by atoms with Gasteiger partial charge in [0.1, 0.15) is 0 Å². The Morgan fingerprint density at radius 3 is 2.38 bits per heavy atom. The molecular weight excluding hydrogens is 320 g/mol. The quantitative estimate of drug-likeness (QED) is 0.830. The summed E-state index contributed by atoms with van der Waals surface area (Å²) in [6.07, 6.45) is 8.91. The zero-order chi connectivity index (χ0) is 17.9. The van der Waals surface area contributed by atoms with Gasteiger partial charge in [0.15, 0.2) is 0 Å². The van der Waals surface area contributed by atoms with Crippen LogP contribution < -0.4 is 5.32 Å². The van der Waals surface area contributed by atoms with Crippen LogP contribution in [0.3, 0.4) is 0 Å². The molecule has 3 heteroatoms. The average Bonchev–Trinajstić information content (AvgIpc) is 3.17. The van der Waals surface area contributed by atoms with Crippen molar-refractivity contribution in [2.24, 2.45) is 17.8 Å². The molecule has 1 aromatic rings. The van der Waals surface area contributed by atoms with E-state index in [0.29, 0.717) is 29.7 Å². The number of benzene rings is 1. The van der Waals surface area contributed by atoms with Crippen LogP contribution >= 0.6 is 0 Å². The molecule has 1 N–H and O–H groups in total. The molecule has 1 aliphatic heterocycles. The molecule has 1 heterocycles. The Morgan fingerprint density at radius 1 is 1.12 bits per heavy atom. The summed E-state index contributed by atoms with van der Waals surface area (Å²) in [5, 5.41) is 3.31. The highest BCUT2D eigenvalue weighted by molar-refractivity contribution is 5.81. The molecule has 1 saturated heterocycles. The fourth-order valence-electron chi connectivity index (χ4n) is 5.12. The number of nitrogens with one attached hydrogen (secondary N) is 1. The number of carbonyl (C=O) groups excluding carboxylic acids is 1. The molecule has 0 radical (unpaired) electrons. The van der Waals surface area contributed by atoms with Gasteiger partial charge in [0, 0.05) is 31.6 Å². The molecule has 0 unspecified atom stereocenters. The van der Waals surface area contributed by atoms with Gasteiger partial charge in [-0.05, 0) is 55.4 Å². The molecule has 26 heavy (non-hydrogen) atoms. The second-order valence-electron chi connectivity index (χ2n) is 8.96. The van der Waals surface area contributed by atoms with Gasteiger partial charge in [-0.15, -0.1) is 0 Å². The summed E-state index contributed by atoms with van der Waals surface area (Å²) in [6, 6.07) is 11.6. The molecule has 3 nitrogen and oxygen atoms in total. The SMILES string of the molecule is C[C@@H]1C[C@H]1C(=O)NC1CCN(C[C@@H](c2ccccc2)C2CCCC2)CC1. The molecule has 0 bridgehead atoms. The van der Waals surface area contributed by atoms with Crippen molar-refractivity contribution in [3.63, 3.8) is 0 Å². The summed E-state index contributed by atoms with van der Waals surface area (Å²) in [7, 11) is 0. The van der Waals surface area contributed by atoms with Crippen molar-refractivity contribution >= 4 is 5.91 Å². The topological polar surface area (TPSA) is 32.3 Å². The van der Waals surface area contributed by atoms with E-state index in [2.05, 4.69) is 47.5 Å². The van der Waals surface area contributed by atoms with Crippen molar-refractivity contribution in [3.8, 4) is 0 Å². The van der Waals surface area contributed by atoms with Gasteiger partial charge >= 0.3 is 0 Å². The maximum Gasteiger partial charge on any atom is 0.223 e. The lowest BCUT2D eigenvalue weighted by atomic mass is 9.84. The summed E-state index contributed by atoms with van der Waals surface area (Å²) >= 11 is 0. The van der Waals surface area contributed by atoms with E-state index < -0.39 is 0 Å². The Bertz CT molecular complexity index is 587. The predicted octanol–water partition coefficient (Wildman–Crippen LogP) is 4.20. The van der Waals surface area contributed by atoms with Crippen LogP contribution in [0.2, 0.25) is 0 Å². The zero-order valence-electron chi connectivity index (χ0n) is 16.2. The highest BCUT2D eigenvalue weighted by Crippen LogP contribution is 2.39. The summed E-state index contributed by atoms with van der Waals surface area (Å²) in [6.45, 7) is 5.62. The van der Waals surface area contributed by atoms with Crippen LogP contribution in [0.4, 0.5) is 0 Å². The Kier molecular flexibility index (Phi) is 5.63. The molecule has 1 amide bonds. The average molecular weight is 355 g/mol. The second kappa shape index (κ2) is 8.12. The van der Waals surface area contributed by atoms with Crippen molar-refractivity contribution in [1.29, 1.82) is 0 Å². The molecule has 3 atom stereocenters. The van der Waals surface area contributed by atoms with E-state index in [0.717, 1.165) is 38.3 Å². The van der Waals surface area contributed by atoms with Crippen LogP contribution in [0, 0.1) is 17.8 Å². The largest absolute Gasteiger partial charge is 0.353 e. The van der Waals surface area contributed by atoms with Gasteiger partial charge in [0.2, 0.25) is 5.91 Å². The molecule has 1 aromatic carbocycles. The predicted molar refractivity (Wildman–Crippen MR) is 106 cm³/mol. The first kappa shape index (κ1) is 18.0. The Balaban J connectivity index is 1.30. The molecular formula is C23H34N2O. The maximum absolute atomic E-state index is 12.2. The fraction of sp³-hybridized carbons (Fsp3) is 0.696. The van der Waals surface area contributed by atoms with E-state index in [9.17, 15) is 4.79 Å². The van der Waals surface area contributed by atoms with Gasteiger partial charge in [0.05, 0.1) is 0 Å². The molecule has 2 saturated carbocycles. The number of rotatable bonds is 6. The molecule has 3 aliphatic rings. The lowest BCUT2D eigenvalue weighted by Crippen LogP contribution is -2.46. The summed E-state index contributed by atoms with van der Waals surface area (Å²) in [5.74, 6) is 2.75. The zero-order valence-corrected chi connectivity index (χ0v) is 16.2. The minimum Gasteiger partial charge on any atom is -0.353 e. The molecule has 0 aromatic heterocycles. The summed E-state index contributed by atoms with van der Waals surface area (Å²) in [4.78, 5) is 14.8. The first-order valence-electron chi connectivity index (χ1n) is 10.8. The number of hydrogen-bond acceptors (Lipinski definition) is 2. The first-order chi connectivity index (χ1) is 12.7. The number of nitrogens with zero attached hydrogens (tertiary/aromatic N) is 1. The highest BCUT2D eigenvalue weighted by atomic mass is 16.2. The van der Waals surface area contributed by atoms with E-state index in [4.69, 9.17) is 0 Å². The van der Waals surface area contributed by atoms with E-state index in [-0.39, 0.29) is 0 Å².